The SMILES string of the molecule is c1ccc(-c2cccc(-c3nc(-c4ccccc4)nc(-n4c5ccccc5c5ccc6c7ccccc7sc6c54)n3)c2)cc1.c1ccc(-c2nc(-c3cccc4oc5ccccc5c34)nc(-n3c4ccccc4c4ccc5c6ccccc6sc5c43)n2)cc1. The first-order valence-electron chi connectivity index (χ1n) is 29.5. The van der Waals surface area contributed by atoms with Gasteiger partial charge in [0.05, 0.1) is 31.5 Å². The van der Waals surface area contributed by atoms with Crippen LogP contribution in [-0.2, 0) is 0 Å². The summed E-state index contributed by atoms with van der Waals surface area (Å²) in [7, 11) is 0. The highest BCUT2D eigenvalue weighted by atomic mass is 32.1. The minimum Gasteiger partial charge on any atom is -0.456 e. The number of fused-ring (bicyclic) bond motifs is 17. The Morgan fingerprint density at radius 2 is 0.674 bits per heavy atom. The normalized spacial score (nSPS) is 11.8. The van der Waals surface area contributed by atoms with Crippen molar-refractivity contribution in [1.29, 1.82) is 0 Å². The van der Waals surface area contributed by atoms with E-state index in [1.165, 1.54) is 56.5 Å². The molecular weight excluding hydrogens is 1130 g/mol. The third-order valence-electron chi connectivity index (χ3n) is 16.9. The Morgan fingerprint density at radius 1 is 0.270 bits per heavy atom. The summed E-state index contributed by atoms with van der Waals surface area (Å²) in [5.41, 5.74) is 12.0. The summed E-state index contributed by atoms with van der Waals surface area (Å²) in [4.78, 5) is 31.0. The van der Waals surface area contributed by atoms with Crippen molar-refractivity contribution in [3.63, 3.8) is 0 Å². The average Bonchev–Trinajstić information content (AvgIpc) is 1.61. The van der Waals surface area contributed by atoms with Crippen LogP contribution in [0.4, 0.5) is 0 Å². The number of nitrogens with zero attached hydrogens (tertiary/aromatic N) is 8. The first-order valence-corrected chi connectivity index (χ1v) is 31.1. The quantitative estimate of drug-likeness (QED) is 0.157. The van der Waals surface area contributed by atoms with Crippen molar-refractivity contribution in [3.05, 3.63) is 279 Å². The van der Waals surface area contributed by atoms with Gasteiger partial charge in [0, 0.05) is 85.5 Å². The van der Waals surface area contributed by atoms with Crippen molar-refractivity contribution in [1.82, 2.24) is 39.0 Å². The van der Waals surface area contributed by atoms with E-state index in [0.717, 1.165) is 82.8 Å². The second kappa shape index (κ2) is 20.6. The number of para-hydroxylation sites is 3. The number of benzene rings is 12. The number of hydrogen-bond acceptors (Lipinski definition) is 9. The van der Waals surface area contributed by atoms with Crippen LogP contribution in [0.5, 0.6) is 0 Å². The van der Waals surface area contributed by atoms with Crippen LogP contribution in [0.1, 0.15) is 0 Å². The summed E-state index contributed by atoms with van der Waals surface area (Å²) < 4.78 is 15.7. The third kappa shape index (κ3) is 8.35. The van der Waals surface area contributed by atoms with Crippen molar-refractivity contribution in [2.75, 3.05) is 0 Å². The summed E-state index contributed by atoms with van der Waals surface area (Å²) >= 11 is 3.64. The molecule has 0 bridgehead atoms. The van der Waals surface area contributed by atoms with Crippen LogP contribution < -0.4 is 0 Å². The van der Waals surface area contributed by atoms with Crippen LogP contribution in [0.2, 0.25) is 0 Å². The van der Waals surface area contributed by atoms with Gasteiger partial charge in [-0.1, -0.05) is 237 Å². The molecule has 0 aliphatic carbocycles. The van der Waals surface area contributed by atoms with Crippen LogP contribution >= 0.6 is 22.7 Å². The molecule has 7 heterocycles. The molecule has 0 atom stereocenters. The maximum atomic E-state index is 6.25. The van der Waals surface area contributed by atoms with E-state index < -0.39 is 0 Å². The average molecular weight is 1180 g/mol. The number of aromatic nitrogens is 8. The molecule has 0 aliphatic heterocycles. The second-order valence-corrected chi connectivity index (χ2v) is 24.2. The van der Waals surface area contributed by atoms with E-state index >= 15 is 0 Å². The lowest BCUT2D eigenvalue weighted by molar-refractivity contribution is 0.669. The molecule has 416 valence electrons. The lowest BCUT2D eigenvalue weighted by Gasteiger charge is -2.12. The molecule has 89 heavy (non-hydrogen) atoms. The van der Waals surface area contributed by atoms with Crippen LogP contribution in [-0.4, -0.2) is 39.0 Å². The molecule has 0 saturated carbocycles. The van der Waals surface area contributed by atoms with Crippen LogP contribution in [0.25, 0.3) is 174 Å². The largest absolute Gasteiger partial charge is 0.456 e. The topological polar surface area (TPSA) is 100 Å². The van der Waals surface area contributed by atoms with Crippen LogP contribution in [0.15, 0.2) is 283 Å². The van der Waals surface area contributed by atoms with Crippen molar-refractivity contribution in [3.8, 4) is 68.6 Å². The molecular formula is C78H46N8OS2. The van der Waals surface area contributed by atoms with E-state index in [9.17, 15) is 0 Å². The molecule has 0 amide bonds. The van der Waals surface area contributed by atoms with Gasteiger partial charge in [-0.3, -0.25) is 9.13 Å². The lowest BCUT2D eigenvalue weighted by Crippen LogP contribution is -2.06. The fourth-order valence-electron chi connectivity index (χ4n) is 12.9. The molecule has 19 rings (SSSR count). The predicted molar refractivity (Wildman–Crippen MR) is 369 cm³/mol. The zero-order chi connectivity index (χ0) is 58.5. The minimum atomic E-state index is 0.583. The smallest absolute Gasteiger partial charge is 0.238 e. The van der Waals surface area contributed by atoms with Gasteiger partial charge < -0.3 is 4.42 Å². The van der Waals surface area contributed by atoms with Gasteiger partial charge in [-0.15, -0.1) is 22.7 Å². The molecule has 0 unspecified atom stereocenters. The molecule has 0 N–H and O–H groups in total. The fourth-order valence-corrected chi connectivity index (χ4v) is 15.4. The third-order valence-corrected chi connectivity index (χ3v) is 19.3. The summed E-state index contributed by atoms with van der Waals surface area (Å²) in [5.74, 6) is 3.70. The van der Waals surface area contributed by atoms with Gasteiger partial charge in [0.25, 0.3) is 0 Å². The van der Waals surface area contributed by atoms with Crippen molar-refractivity contribution >= 4 is 129 Å². The van der Waals surface area contributed by atoms with E-state index in [-0.39, 0.29) is 0 Å². The zero-order valence-corrected chi connectivity index (χ0v) is 49.0. The molecule has 0 saturated heterocycles. The highest BCUT2D eigenvalue weighted by Crippen LogP contribution is 2.46. The molecule has 0 spiro atoms. The fraction of sp³-hybridized carbons (Fsp3) is 0. The Hall–Kier alpha value is -11.5. The molecule has 7 aromatic heterocycles. The predicted octanol–water partition coefficient (Wildman–Crippen LogP) is 20.9. The van der Waals surface area contributed by atoms with Crippen molar-refractivity contribution in [2.45, 2.75) is 0 Å². The standard InChI is InChI=1S/C39H22N4OS.C39H24N4S/c1-2-11-23(12-3-1)37-40-38(29-16-10-19-32-34(29)28-15-5-8-18-31(28)44-32)42-39(41-37)43-30-17-7-4-13-24(30)26-21-22-27-25-14-6-9-20-33(25)45-36(27)35(26)43;1-3-12-25(13-4-1)27-16-11-17-28(24-27)38-40-37(26-14-5-2-6-15-26)41-39(42-38)43-33-20-9-7-18-29(33)31-22-23-32-30-19-8-10-21-34(30)44-36(32)35(31)43/h1-22H;1-24H. The molecule has 0 fully saturated rings. The number of thiophene rings is 2. The Bertz CT molecular complexity index is 6010. The van der Waals surface area contributed by atoms with E-state index in [2.05, 4.69) is 203 Å². The molecule has 9 nitrogen and oxygen atoms in total. The lowest BCUT2D eigenvalue weighted by atomic mass is 10.0. The molecule has 0 aliphatic rings. The Labute approximate surface area is 516 Å². The highest BCUT2D eigenvalue weighted by Gasteiger charge is 2.25. The first kappa shape index (κ1) is 50.8. The first-order chi connectivity index (χ1) is 44.1. The van der Waals surface area contributed by atoms with E-state index in [1.807, 2.05) is 108 Å². The second-order valence-electron chi connectivity index (χ2n) is 22.1. The Morgan fingerprint density at radius 3 is 1.25 bits per heavy atom. The van der Waals surface area contributed by atoms with Gasteiger partial charge in [-0.05, 0) is 53.6 Å². The van der Waals surface area contributed by atoms with E-state index in [0.29, 0.717) is 35.2 Å². The van der Waals surface area contributed by atoms with Crippen LogP contribution in [0.3, 0.4) is 0 Å². The monoisotopic (exact) mass is 1170 g/mol. The van der Waals surface area contributed by atoms with Gasteiger partial charge in [-0.25, -0.2) is 9.97 Å². The summed E-state index contributed by atoms with van der Waals surface area (Å²) in [6.07, 6.45) is 0. The van der Waals surface area contributed by atoms with Crippen LogP contribution in [0, 0.1) is 0 Å². The van der Waals surface area contributed by atoms with Crippen molar-refractivity contribution < 1.29 is 4.42 Å². The van der Waals surface area contributed by atoms with Gasteiger partial charge in [0.1, 0.15) is 11.2 Å². The summed E-state index contributed by atoms with van der Waals surface area (Å²) in [5, 5.41) is 11.8. The maximum absolute atomic E-state index is 6.25. The highest BCUT2D eigenvalue weighted by molar-refractivity contribution is 7.27. The molecule has 0 radical (unpaired) electrons. The molecule has 11 heteroatoms. The number of rotatable bonds is 7. The summed E-state index contributed by atoms with van der Waals surface area (Å²) in [6, 6.07) is 96.7. The Balaban J connectivity index is 0.000000133. The van der Waals surface area contributed by atoms with Gasteiger partial charge in [0.2, 0.25) is 11.9 Å². The Kier molecular flexibility index (Phi) is 11.8. The van der Waals surface area contributed by atoms with Gasteiger partial charge in [-0.2, -0.15) is 19.9 Å². The van der Waals surface area contributed by atoms with E-state index in [4.69, 9.17) is 34.3 Å². The van der Waals surface area contributed by atoms with Gasteiger partial charge >= 0.3 is 0 Å². The van der Waals surface area contributed by atoms with Gasteiger partial charge in [0.15, 0.2) is 23.3 Å². The number of hydrogen-bond donors (Lipinski definition) is 0. The minimum absolute atomic E-state index is 0.583. The maximum Gasteiger partial charge on any atom is 0.238 e. The van der Waals surface area contributed by atoms with E-state index in [1.54, 1.807) is 0 Å². The molecule has 19 aromatic rings. The number of furan rings is 1. The molecule has 12 aromatic carbocycles. The summed E-state index contributed by atoms with van der Waals surface area (Å²) in [6.45, 7) is 0. The zero-order valence-electron chi connectivity index (χ0n) is 47.4. The van der Waals surface area contributed by atoms with Crippen molar-refractivity contribution in [2.24, 2.45) is 0 Å².